The van der Waals surface area contributed by atoms with Gasteiger partial charge in [-0.05, 0) is 36.1 Å². The SMILES string of the molecule is CCC[C@](Cc1ccccc1)(C(=O)O)c1cnnc2c(-c3ccc(C(F)(F)F)cc3)cnn12. The molecule has 0 aliphatic rings. The Morgan fingerprint density at radius 3 is 2.33 bits per heavy atom. The van der Waals surface area contributed by atoms with Gasteiger partial charge in [-0.1, -0.05) is 55.8 Å². The van der Waals surface area contributed by atoms with Crippen molar-refractivity contribution in [3.05, 3.63) is 83.8 Å². The summed E-state index contributed by atoms with van der Waals surface area (Å²) in [5.74, 6) is -1.01. The Hall–Kier alpha value is -3.75. The van der Waals surface area contributed by atoms with Crippen LogP contribution >= 0.6 is 0 Å². The van der Waals surface area contributed by atoms with Crippen LogP contribution < -0.4 is 0 Å². The van der Waals surface area contributed by atoms with Crippen molar-refractivity contribution in [3.63, 3.8) is 0 Å². The molecular formula is C24H21F3N4O2. The van der Waals surface area contributed by atoms with E-state index in [9.17, 15) is 23.1 Å². The van der Waals surface area contributed by atoms with Gasteiger partial charge in [0.1, 0.15) is 5.41 Å². The minimum absolute atomic E-state index is 0.229. The quantitative estimate of drug-likeness (QED) is 0.416. The second-order valence-electron chi connectivity index (χ2n) is 7.90. The average Bonchev–Trinajstić information content (AvgIpc) is 3.23. The topological polar surface area (TPSA) is 80.4 Å². The first kappa shape index (κ1) is 22.4. The molecule has 4 rings (SSSR count). The minimum atomic E-state index is -4.44. The van der Waals surface area contributed by atoms with Crippen LogP contribution in [0, 0.1) is 0 Å². The number of carboxylic acids is 1. The van der Waals surface area contributed by atoms with Gasteiger partial charge in [0.05, 0.1) is 23.7 Å². The number of hydrogen-bond acceptors (Lipinski definition) is 4. The highest BCUT2D eigenvalue weighted by Gasteiger charge is 2.43. The van der Waals surface area contributed by atoms with Gasteiger partial charge in [-0.15, -0.1) is 5.10 Å². The third kappa shape index (κ3) is 4.18. The Morgan fingerprint density at radius 1 is 1.03 bits per heavy atom. The van der Waals surface area contributed by atoms with Crippen molar-refractivity contribution in [2.45, 2.75) is 37.8 Å². The Kier molecular flexibility index (Phi) is 5.88. The lowest BCUT2D eigenvalue weighted by molar-refractivity contribution is -0.144. The third-order valence-electron chi connectivity index (χ3n) is 5.75. The molecule has 0 unspecified atom stereocenters. The number of carboxylic acid groups (broad SMARTS) is 1. The number of aromatic nitrogens is 4. The van der Waals surface area contributed by atoms with E-state index < -0.39 is 23.1 Å². The smallest absolute Gasteiger partial charge is 0.416 e. The zero-order valence-electron chi connectivity index (χ0n) is 17.8. The van der Waals surface area contributed by atoms with Crippen LogP contribution in [0.15, 0.2) is 67.0 Å². The number of alkyl halides is 3. The van der Waals surface area contributed by atoms with Crippen LogP contribution in [-0.2, 0) is 22.8 Å². The van der Waals surface area contributed by atoms with Crippen LogP contribution in [0.5, 0.6) is 0 Å². The lowest BCUT2D eigenvalue weighted by Crippen LogP contribution is -2.40. The second-order valence-corrected chi connectivity index (χ2v) is 7.90. The Morgan fingerprint density at radius 2 is 1.73 bits per heavy atom. The Labute approximate surface area is 187 Å². The molecule has 2 aromatic heterocycles. The highest BCUT2D eigenvalue weighted by molar-refractivity contribution is 5.82. The van der Waals surface area contributed by atoms with E-state index in [2.05, 4.69) is 15.3 Å². The maximum absolute atomic E-state index is 12.9. The van der Waals surface area contributed by atoms with E-state index >= 15 is 0 Å². The summed E-state index contributed by atoms with van der Waals surface area (Å²) in [5, 5.41) is 22.9. The largest absolute Gasteiger partial charge is 0.481 e. The number of nitrogens with zero attached hydrogens (tertiary/aromatic N) is 4. The predicted molar refractivity (Wildman–Crippen MR) is 116 cm³/mol. The van der Waals surface area contributed by atoms with E-state index in [1.54, 1.807) is 0 Å². The van der Waals surface area contributed by atoms with Crippen molar-refractivity contribution in [1.29, 1.82) is 0 Å². The van der Waals surface area contributed by atoms with Gasteiger partial charge in [-0.2, -0.15) is 23.4 Å². The molecule has 2 heterocycles. The average molecular weight is 454 g/mol. The maximum Gasteiger partial charge on any atom is 0.416 e. The molecule has 2 aromatic carbocycles. The van der Waals surface area contributed by atoms with E-state index in [1.165, 1.54) is 29.0 Å². The van der Waals surface area contributed by atoms with Crippen molar-refractivity contribution < 1.29 is 23.1 Å². The lowest BCUT2D eigenvalue weighted by atomic mass is 9.75. The first-order valence-electron chi connectivity index (χ1n) is 10.4. The fourth-order valence-corrected chi connectivity index (χ4v) is 4.15. The molecule has 0 radical (unpaired) electrons. The number of halogens is 3. The second kappa shape index (κ2) is 8.65. The van der Waals surface area contributed by atoms with Crippen molar-refractivity contribution in [2.75, 3.05) is 0 Å². The van der Waals surface area contributed by atoms with E-state index in [0.717, 1.165) is 17.7 Å². The summed E-state index contributed by atoms with van der Waals surface area (Å²) in [6.45, 7) is 1.91. The molecule has 0 aliphatic heterocycles. The zero-order chi connectivity index (χ0) is 23.6. The number of rotatable bonds is 7. The van der Waals surface area contributed by atoms with Crippen LogP contribution in [0.1, 0.15) is 36.6 Å². The van der Waals surface area contributed by atoms with Crippen LogP contribution in [0.2, 0.25) is 0 Å². The molecule has 170 valence electrons. The first-order chi connectivity index (χ1) is 15.8. The maximum atomic E-state index is 12.9. The third-order valence-corrected chi connectivity index (χ3v) is 5.75. The highest BCUT2D eigenvalue weighted by atomic mass is 19.4. The molecule has 0 saturated heterocycles. The number of fused-ring (bicyclic) bond motifs is 1. The highest BCUT2D eigenvalue weighted by Crippen LogP contribution is 2.36. The summed E-state index contributed by atoms with van der Waals surface area (Å²) in [7, 11) is 0. The fraction of sp³-hybridized carbons (Fsp3) is 0.250. The summed E-state index contributed by atoms with van der Waals surface area (Å²) in [6.07, 6.45) is -0.386. The molecule has 0 amide bonds. The summed E-state index contributed by atoms with van der Waals surface area (Å²) in [6, 6.07) is 14.0. The normalized spacial score (nSPS) is 13.7. The summed E-state index contributed by atoms with van der Waals surface area (Å²) >= 11 is 0. The molecule has 0 aliphatic carbocycles. The molecule has 0 fully saturated rings. The molecule has 33 heavy (non-hydrogen) atoms. The number of carbonyl (C=O) groups is 1. The van der Waals surface area contributed by atoms with Gasteiger partial charge < -0.3 is 5.11 Å². The molecule has 1 N–H and O–H groups in total. The van der Waals surface area contributed by atoms with Crippen molar-refractivity contribution in [1.82, 2.24) is 19.8 Å². The lowest BCUT2D eigenvalue weighted by Gasteiger charge is -2.29. The van der Waals surface area contributed by atoms with Crippen LogP contribution in [0.3, 0.4) is 0 Å². The molecular weight excluding hydrogens is 433 g/mol. The number of benzene rings is 2. The molecule has 0 spiro atoms. The van der Waals surface area contributed by atoms with Gasteiger partial charge in [0.25, 0.3) is 0 Å². The fourth-order valence-electron chi connectivity index (χ4n) is 4.15. The molecule has 0 saturated carbocycles. The van der Waals surface area contributed by atoms with Gasteiger partial charge in [0.15, 0.2) is 5.65 Å². The van der Waals surface area contributed by atoms with E-state index in [-0.39, 0.29) is 12.1 Å². The first-order valence-corrected chi connectivity index (χ1v) is 10.4. The summed E-state index contributed by atoms with van der Waals surface area (Å²) < 4.78 is 40.2. The van der Waals surface area contributed by atoms with Crippen LogP contribution in [0.25, 0.3) is 16.8 Å². The molecule has 4 aromatic rings. The van der Waals surface area contributed by atoms with Gasteiger partial charge in [0.2, 0.25) is 0 Å². The van der Waals surface area contributed by atoms with Crippen molar-refractivity contribution in [2.24, 2.45) is 0 Å². The molecule has 9 heteroatoms. The monoisotopic (exact) mass is 454 g/mol. The molecule has 6 nitrogen and oxygen atoms in total. The Balaban J connectivity index is 1.85. The zero-order valence-corrected chi connectivity index (χ0v) is 17.8. The van der Waals surface area contributed by atoms with E-state index in [0.29, 0.717) is 29.7 Å². The number of hydrogen-bond donors (Lipinski definition) is 1. The minimum Gasteiger partial charge on any atom is -0.481 e. The van der Waals surface area contributed by atoms with Crippen molar-refractivity contribution in [3.8, 4) is 11.1 Å². The predicted octanol–water partition coefficient (Wildman–Crippen LogP) is 5.18. The Bertz CT molecular complexity index is 1270. The van der Waals surface area contributed by atoms with E-state index in [1.807, 2.05) is 37.3 Å². The summed E-state index contributed by atoms with van der Waals surface area (Å²) in [4.78, 5) is 12.7. The van der Waals surface area contributed by atoms with Crippen LogP contribution in [0.4, 0.5) is 13.2 Å². The van der Waals surface area contributed by atoms with Gasteiger partial charge in [-0.25, -0.2) is 4.52 Å². The van der Waals surface area contributed by atoms with Crippen LogP contribution in [-0.4, -0.2) is 30.9 Å². The van der Waals surface area contributed by atoms with Gasteiger partial charge in [0, 0.05) is 5.56 Å². The molecule has 0 bridgehead atoms. The van der Waals surface area contributed by atoms with Crippen molar-refractivity contribution >= 4 is 11.6 Å². The standard InChI is InChI=1S/C24H21F3N4O2/c1-2-12-23(22(32)33,13-16-6-4-3-5-7-16)20-15-28-30-21-19(14-29-31(20)21)17-8-10-18(11-9-17)24(25,26)27/h3-11,14-15H,2,12-13H2,1H3,(H,32,33)/t23-/m1/s1. The van der Waals surface area contributed by atoms with Gasteiger partial charge >= 0.3 is 12.1 Å². The molecule has 1 atom stereocenters. The van der Waals surface area contributed by atoms with E-state index in [4.69, 9.17) is 0 Å². The number of aliphatic carboxylic acids is 1. The van der Waals surface area contributed by atoms with Gasteiger partial charge in [-0.3, -0.25) is 4.79 Å². The summed E-state index contributed by atoms with van der Waals surface area (Å²) in [5.41, 5.74) is 0.371.